The molecule has 0 radical (unpaired) electrons. The summed E-state index contributed by atoms with van der Waals surface area (Å²) in [7, 11) is 1.63. The minimum absolute atomic E-state index is 0.0793. The smallest absolute Gasteiger partial charge is 0.457 e. The minimum atomic E-state index is -4.28. The molecule has 2 unspecified atom stereocenters. The normalized spacial score (nSPS) is 14.6. The van der Waals surface area contributed by atoms with Gasteiger partial charge in [-0.25, -0.2) is 4.57 Å². The Hall–Kier alpha value is -2.32. The van der Waals surface area contributed by atoms with Gasteiger partial charge >= 0.3 is 13.8 Å². The average molecular weight is 805 g/mol. The molecule has 0 spiro atoms. The average Bonchev–Trinajstić information content (AvgIpc) is 3.15. The van der Waals surface area contributed by atoms with E-state index in [2.05, 4.69) is 98.9 Å². The van der Waals surface area contributed by atoms with Crippen molar-refractivity contribution in [2.75, 3.05) is 54.1 Å². The molecule has 0 aliphatic carbocycles. The summed E-state index contributed by atoms with van der Waals surface area (Å²) in [5.41, 5.74) is 0. The number of ether oxygens (including phenoxy) is 2. The number of unbranched alkanes of at least 4 members (excludes halogenated alkanes) is 11. The highest BCUT2D eigenvalue weighted by molar-refractivity contribution is 7.47. The second kappa shape index (κ2) is 39.5. The van der Waals surface area contributed by atoms with Gasteiger partial charge in [-0.2, -0.15) is 0 Å². The van der Waals surface area contributed by atoms with Crippen LogP contribution in [0.25, 0.3) is 0 Å². The molecule has 0 saturated carbocycles. The van der Waals surface area contributed by atoms with Crippen molar-refractivity contribution in [1.29, 1.82) is 0 Å². The highest BCUT2D eigenvalue weighted by Crippen LogP contribution is 2.43. The molecule has 9 heteroatoms. The molecule has 0 rings (SSSR count). The van der Waals surface area contributed by atoms with Crippen LogP contribution in [0.15, 0.2) is 85.1 Å². The van der Waals surface area contributed by atoms with Crippen LogP contribution in [0.2, 0.25) is 0 Å². The Balaban J connectivity index is 4.18. The van der Waals surface area contributed by atoms with E-state index in [0.717, 1.165) is 96.3 Å². The van der Waals surface area contributed by atoms with E-state index >= 15 is 0 Å². The largest absolute Gasteiger partial charge is 0.472 e. The molecule has 0 aliphatic rings. The van der Waals surface area contributed by atoms with Crippen molar-refractivity contribution in [3.63, 3.8) is 0 Å². The topological polar surface area (TPSA) is 91.3 Å². The standard InChI is InChI=1S/C47H82NO7P/c1-6-8-10-12-14-16-17-18-19-20-21-22-23-24-25-26-27-28-29-30-31-32-33-35-37-39-42-52-44-46(45-54-56(50,51)53-43-41-48(3,4)5)55-47(49)40-38-36-34-15-13-11-9-7-2/h8,10,14,16,18-19,21-22,24-25,27-28,30-31,46H,6-7,9,11-13,15,17,20,23,26,29,32-45H2,1-5H3/p+1/b10-8-,16-14-,19-18-,22-21-,25-24-,28-27-,31-30-. The fraction of sp³-hybridized carbons (Fsp3) is 0.681. The summed E-state index contributed by atoms with van der Waals surface area (Å²) >= 11 is 0. The first-order chi connectivity index (χ1) is 27.1. The van der Waals surface area contributed by atoms with E-state index in [4.69, 9.17) is 18.5 Å². The summed E-state index contributed by atoms with van der Waals surface area (Å²) < 4.78 is 34.8. The van der Waals surface area contributed by atoms with Gasteiger partial charge in [0.05, 0.1) is 34.4 Å². The summed E-state index contributed by atoms with van der Waals surface area (Å²) in [5.74, 6) is -0.333. The van der Waals surface area contributed by atoms with Gasteiger partial charge in [0.2, 0.25) is 0 Å². The minimum Gasteiger partial charge on any atom is -0.457 e. The molecular weight excluding hydrogens is 721 g/mol. The van der Waals surface area contributed by atoms with E-state index in [1.54, 1.807) is 0 Å². The zero-order valence-electron chi connectivity index (χ0n) is 36.3. The molecular formula is C47H83NO7P+. The van der Waals surface area contributed by atoms with Crippen LogP contribution < -0.4 is 0 Å². The summed E-state index contributed by atoms with van der Waals surface area (Å²) in [6.45, 7) is 5.38. The van der Waals surface area contributed by atoms with Gasteiger partial charge < -0.3 is 18.9 Å². The van der Waals surface area contributed by atoms with Gasteiger partial charge in [-0.1, -0.05) is 157 Å². The molecule has 0 bridgehead atoms. The molecule has 0 aliphatic heterocycles. The first kappa shape index (κ1) is 53.7. The highest BCUT2D eigenvalue weighted by Gasteiger charge is 2.26. The van der Waals surface area contributed by atoms with Crippen LogP contribution in [0.1, 0.15) is 149 Å². The number of likely N-dealkylation sites (N-methyl/N-ethyl adjacent to an activating group) is 1. The van der Waals surface area contributed by atoms with Crippen molar-refractivity contribution in [2.45, 2.75) is 155 Å². The van der Waals surface area contributed by atoms with E-state index in [-0.39, 0.29) is 25.8 Å². The molecule has 0 fully saturated rings. The Morgan fingerprint density at radius 2 is 1.04 bits per heavy atom. The fourth-order valence-corrected chi connectivity index (χ4v) is 6.10. The van der Waals surface area contributed by atoms with Gasteiger partial charge in [0.1, 0.15) is 19.3 Å². The van der Waals surface area contributed by atoms with Crippen LogP contribution in [-0.4, -0.2) is 75.6 Å². The number of phosphoric acid groups is 1. The highest BCUT2D eigenvalue weighted by atomic mass is 31.2. The Bertz CT molecular complexity index is 1170. The van der Waals surface area contributed by atoms with Gasteiger partial charge in [-0.3, -0.25) is 13.8 Å². The number of allylic oxidation sites excluding steroid dienone is 14. The SMILES string of the molecule is CC/C=C\C/C=C\C/C=C\C/C=C\C/C=C\C/C=C\C/C=C\CCCCCCOCC(COP(=O)(O)OCC[N+](C)(C)C)OC(=O)CCCCCCCCCC. The van der Waals surface area contributed by atoms with Crippen LogP contribution in [-0.2, 0) is 27.9 Å². The maximum Gasteiger partial charge on any atom is 0.472 e. The molecule has 0 aromatic heterocycles. The van der Waals surface area contributed by atoms with Crippen LogP contribution >= 0.6 is 7.82 Å². The van der Waals surface area contributed by atoms with Crippen LogP contribution in [0.3, 0.4) is 0 Å². The third-order valence-corrected chi connectivity index (χ3v) is 9.71. The van der Waals surface area contributed by atoms with Crippen molar-refractivity contribution in [2.24, 2.45) is 0 Å². The van der Waals surface area contributed by atoms with Crippen LogP contribution in [0.4, 0.5) is 0 Å². The molecule has 2 atom stereocenters. The number of nitrogens with zero attached hydrogens (tertiary/aromatic N) is 1. The number of hydrogen-bond donors (Lipinski definition) is 1. The number of hydrogen-bond acceptors (Lipinski definition) is 6. The number of rotatable bonds is 39. The summed E-state index contributed by atoms with van der Waals surface area (Å²) in [5, 5.41) is 0. The molecule has 0 aromatic carbocycles. The molecule has 8 nitrogen and oxygen atoms in total. The van der Waals surface area contributed by atoms with E-state index < -0.39 is 13.9 Å². The predicted molar refractivity (Wildman–Crippen MR) is 238 cm³/mol. The van der Waals surface area contributed by atoms with Crippen molar-refractivity contribution in [1.82, 2.24) is 0 Å². The zero-order chi connectivity index (χ0) is 41.3. The lowest BCUT2D eigenvalue weighted by Crippen LogP contribution is -2.37. The van der Waals surface area contributed by atoms with E-state index in [1.807, 2.05) is 21.1 Å². The molecule has 0 saturated heterocycles. The van der Waals surface area contributed by atoms with Crippen molar-refractivity contribution >= 4 is 13.8 Å². The second-order valence-electron chi connectivity index (χ2n) is 15.3. The lowest BCUT2D eigenvalue weighted by molar-refractivity contribution is -0.870. The van der Waals surface area contributed by atoms with E-state index in [9.17, 15) is 14.3 Å². The molecule has 0 aromatic rings. The Labute approximate surface area is 344 Å². The van der Waals surface area contributed by atoms with E-state index in [1.165, 1.54) is 32.1 Å². The maximum absolute atomic E-state index is 12.6. The Morgan fingerprint density at radius 1 is 0.571 bits per heavy atom. The van der Waals surface area contributed by atoms with Crippen LogP contribution in [0.5, 0.6) is 0 Å². The van der Waals surface area contributed by atoms with Gasteiger partial charge in [0.15, 0.2) is 0 Å². The molecule has 0 amide bonds. The summed E-state index contributed by atoms with van der Waals surface area (Å²) in [4.78, 5) is 22.7. The number of quaternary nitrogens is 1. The second-order valence-corrected chi connectivity index (χ2v) is 16.8. The van der Waals surface area contributed by atoms with Gasteiger partial charge in [-0.15, -0.1) is 0 Å². The predicted octanol–water partition coefficient (Wildman–Crippen LogP) is 12.9. The summed E-state index contributed by atoms with van der Waals surface area (Å²) in [6.07, 6.45) is 52.1. The van der Waals surface area contributed by atoms with Gasteiger partial charge in [0.25, 0.3) is 0 Å². The number of esters is 1. The first-order valence-electron chi connectivity index (χ1n) is 21.8. The zero-order valence-corrected chi connectivity index (χ0v) is 37.2. The molecule has 322 valence electrons. The van der Waals surface area contributed by atoms with Crippen LogP contribution in [0, 0.1) is 0 Å². The quantitative estimate of drug-likeness (QED) is 0.0217. The number of carbonyl (C=O) groups is 1. The Kier molecular flexibility index (Phi) is 37.9. The monoisotopic (exact) mass is 805 g/mol. The molecule has 0 heterocycles. The summed E-state index contributed by atoms with van der Waals surface area (Å²) in [6, 6.07) is 0. The fourth-order valence-electron chi connectivity index (χ4n) is 5.35. The van der Waals surface area contributed by atoms with Crippen molar-refractivity contribution < 1.29 is 37.3 Å². The maximum atomic E-state index is 12.6. The van der Waals surface area contributed by atoms with Crippen molar-refractivity contribution in [3.05, 3.63) is 85.1 Å². The lowest BCUT2D eigenvalue weighted by Gasteiger charge is -2.24. The van der Waals surface area contributed by atoms with Crippen molar-refractivity contribution in [3.8, 4) is 0 Å². The third kappa shape index (κ3) is 42.8. The Morgan fingerprint density at radius 3 is 1.55 bits per heavy atom. The van der Waals surface area contributed by atoms with E-state index in [0.29, 0.717) is 24.1 Å². The lowest BCUT2D eigenvalue weighted by atomic mass is 10.1. The van der Waals surface area contributed by atoms with Gasteiger partial charge in [-0.05, 0) is 70.6 Å². The first-order valence-corrected chi connectivity index (χ1v) is 23.3. The van der Waals surface area contributed by atoms with Gasteiger partial charge in [0, 0.05) is 13.0 Å². The molecule has 1 N–H and O–H groups in total. The molecule has 56 heavy (non-hydrogen) atoms. The number of carbonyl (C=O) groups excluding carboxylic acids is 1. The third-order valence-electron chi connectivity index (χ3n) is 8.72. The number of phosphoric ester groups is 1.